The Bertz CT molecular complexity index is 514. The molecule has 0 fully saturated rings. The molecule has 1 aromatic heterocycles. The molecule has 94 valence electrons. The van der Waals surface area contributed by atoms with Crippen LogP contribution in [0.5, 0.6) is 0 Å². The van der Waals surface area contributed by atoms with Crippen molar-refractivity contribution in [2.75, 3.05) is 0 Å². The number of nitrogens with zero attached hydrogens (tertiary/aromatic N) is 1. The van der Waals surface area contributed by atoms with Crippen LogP contribution in [0.1, 0.15) is 28.6 Å². The fraction of sp³-hybridized carbons (Fsp3) is 0.267. The predicted octanol–water partition coefficient (Wildman–Crippen LogP) is 3.08. The van der Waals surface area contributed by atoms with Gasteiger partial charge in [-0.15, -0.1) is 0 Å². The zero-order valence-electron chi connectivity index (χ0n) is 10.7. The number of pyridine rings is 1. The van der Waals surface area contributed by atoms with Crippen molar-refractivity contribution in [3.63, 3.8) is 0 Å². The topological polar surface area (TPSA) is 38.9 Å². The first-order valence-electron chi connectivity index (χ1n) is 6.00. The lowest BCUT2D eigenvalue weighted by atomic mass is 9.99. The van der Waals surface area contributed by atoms with Crippen molar-refractivity contribution in [1.29, 1.82) is 0 Å². The highest BCUT2D eigenvalue weighted by molar-refractivity contribution is 5.26. The van der Waals surface area contributed by atoms with E-state index in [0.717, 1.165) is 22.5 Å². The molecular formula is C15H17FN2. The Morgan fingerprint density at radius 1 is 1.11 bits per heavy atom. The molecule has 1 atom stereocenters. The van der Waals surface area contributed by atoms with E-state index in [-0.39, 0.29) is 11.9 Å². The summed E-state index contributed by atoms with van der Waals surface area (Å²) in [6, 6.07) is 10.4. The summed E-state index contributed by atoms with van der Waals surface area (Å²) in [4.78, 5) is 4.33. The number of halogens is 1. The van der Waals surface area contributed by atoms with E-state index in [1.807, 2.05) is 26.0 Å². The van der Waals surface area contributed by atoms with Crippen LogP contribution in [0.25, 0.3) is 0 Å². The van der Waals surface area contributed by atoms with Gasteiger partial charge in [0.15, 0.2) is 0 Å². The van der Waals surface area contributed by atoms with Crippen molar-refractivity contribution in [1.82, 2.24) is 4.98 Å². The highest BCUT2D eigenvalue weighted by atomic mass is 19.1. The molecule has 0 aliphatic heterocycles. The van der Waals surface area contributed by atoms with E-state index in [2.05, 4.69) is 4.98 Å². The smallest absolute Gasteiger partial charge is 0.123 e. The number of aryl methyl sites for hydroxylation is 2. The van der Waals surface area contributed by atoms with Gasteiger partial charge in [0.1, 0.15) is 5.82 Å². The van der Waals surface area contributed by atoms with Crippen molar-refractivity contribution < 1.29 is 4.39 Å². The third-order valence-corrected chi connectivity index (χ3v) is 2.90. The Morgan fingerprint density at radius 2 is 1.67 bits per heavy atom. The Morgan fingerprint density at radius 3 is 2.22 bits per heavy atom. The molecular weight excluding hydrogens is 227 g/mol. The second kappa shape index (κ2) is 5.27. The highest BCUT2D eigenvalue weighted by Crippen LogP contribution is 2.17. The number of hydrogen-bond acceptors (Lipinski definition) is 2. The number of benzene rings is 1. The Balaban J connectivity index is 2.16. The number of rotatable bonds is 3. The molecule has 1 heterocycles. The van der Waals surface area contributed by atoms with E-state index < -0.39 is 0 Å². The molecule has 3 heteroatoms. The monoisotopic (exact) mass is 244 g/mol. The van der Waals surface area contributed by atoms with Crippen LogP contribution in [0.2, 0.25) is 0 Å². The molecule has 2 rings (SSSR count). The van der Waals surface area contributed by atoms with Gasteiger partial charge in [-0.1, -0.05) is 12.1 Å². The molecule has 1 unspecified atom stereocenters. The number of aromatic nitrogens is 1. The van der Waals surface area contributed by atoms with Crippen LogP contribution in [-0.4, -0.2) is 4.98 Å². The van der Waals surface area contributed by atoms with Gasteiger partial charge < -0.3 is 5.73 Å². The Kier molecular flexibility index (Phi) is 3.72. The largest absolute Gasteiger partial charge is 0.324 e. The lowest BCUT2D eigenvalue weighted by molar-refractivity contribution is 0.625. The maximum absolute atomic E-state index is 12.8. The average Bonchev–Trinajstić information content (AvgIpc) is 2.31. The van der Waals surface area contributed by atoms with Crippen molar-refractivity contribution in [2.45, 2.75) is 26.3 Å². The van der Waals surface area contributed by atoms with Gasteiger partial charge in [0.05, 0.1) is 0 Å². The van der Waals surface area contributed by atoms with E-state index in [1.54, 1.807) is 12.1 Å². The summed E-state index contributed by atoms with van der Waals surface area (Å²) in [5, 5.41) is 0. The van der Waals surface area contributed by atoms with Crippen LogP contribution in [0.3, 0.4) is 0 Å². The number of nitrogens with two attached hydrogens (primary N) is 1. The fourth-order valence-electron chi connectivity index (χ4n) is 2.07. The van der Waals surface area contributed by atoms with Crippen LogP contribution in [-0.2, 0) is 6.42 Å². The van der Waals surface area contributed by atoms with E-state index >= 15 is 0 Å². The first-order valence-corrected chi connectivity index (χ1v) is 6.00. The Hall–Kier alpha value is -1.74. The summed E-state index contributed by atoms with van der Waals surface area (Å²) in [5.74, 6) is -0.220. The first-order chi connectivity index (χ1) is 8.54. The van der Waals surface area contributed by atoms with Gasteiger partial charge in [0.2, 0.25) is 0 Å². The molecule has 0 aliphatic rings. The molecule has 18 heavy (non-hydrogen) atoms. The second-order valence-corrected chi connectivity index (χ2v) is 4.62. The summed E-state index contributed by atoms with van der Waals surface area (Å²) < 4.78 is 12.8. The van der Waals surface area contributed by atoms with Gasteiger partial charge in [-0.3, -0.25) is 4.98 Å². The minimum Gasteiger partial charge on any atom is -0.324 e. The maximum Gasteiger partial charge on any atom is 0.123 e. The van der Waals surface area contributed by atoms with Gasteiger partial charge in [0, 0.05) is 17.4 Å². The van der Waals surface area contributed by atoms with Gasteiger partial charge in [-0.25, -0.2) is 4.39 Å². The average molecular weight is 244 g/mol. The summed E-state index contributed by atoms with van der Waals surface area (Å²) in [7, 11) is 0. The second-order valence-electron chi connectivity index (χ2n) is 4.62. The summed E-state index contributed by atoms with van der Waals surface area (Å²) in [6.07, 6.45) is 0.698. The minimum absolute atomic E-state index is 0.0872. The van der Waals surface area contributed by atoms with Crippen LogP contribution in [0.15, 0.2) is 36.4 Å². The molecule has 0 amide bonds. The fourth-order valence-corrected chi connectivity index (χ4v) is 2.07. The number of hydrogen-bond donors (Lipinski definition) is 1. The predicted molar refractivity (Wildman–Crippen MR) is 70.7 cm³/mol. The minimum atomic E-state index is -0.220. The lowest BCUT2D eigenvalue weighted by Crippen LogP contribution is -2.14. The van der Waals surface area contributed by atoms with Crippen molar-refractivity contribution in [3.8, 4) is 0 Å². The zero-order valence-corrected chi connectivity index (χ0v) is 10.7. The SMILES string of the molecule is Cc1cc(C(N)Cc2ccc(F)cc2)cc(C)n1. The third kappa shape index (κ3) is 3.14. The van der Waals surface area contributed by atoms with Gasteiger partial charge in [-0.2, -0.15) is 0 Å². The summed E-state index contributed by atoms with van der Waals surface area (Å²) >= 11 is 0. The molecule has 0 bridgehead atoms. The van der Waals surface area contributed by atoms with Crippen LogP contribution in [0.4, 0.5) is 4.39 Å². The van der Waals surface area contributed by atoms with Crippen molar-refractivity contribution in [3.05, 3.63) is 64.7 Å². The third-order valence-electron chi connectivity index (χ3n) is 2.90. The molecule has 2 N–H and O–H groups in total. The highest BCUT2D eigenvalue weighted by Gasteiger charge is 2.08. The molecule has 0 radical (unpaired) electrons. The van der Waals surface area contributed by atoms with E-state index in [1.165, 1.54) is 12.1 Å². The van der Waals surface area contributed by atoms with E-state index in [0.29, 0.717) is 6.42 Å². The molecule has 0 spiro atoms. The molecule has 1 aromatic carbocycles. The van der Waals surface area contributed by atoms with E-state index in [4.69, 9.17) is 5.73 Å². The quantitative estimate of drug-likeness (QED) is 0.901. The molecule has 0 saturated heterocycles. The van der Waals surface area contributed by atoms with Gasteiger partial charge in [0.25, 0.3) is 0 Å². The van der Waals surface area contributed by atoms with Crippen LogP contribution >= 0.6 is 0 Å². The normalized spacial score (nSPS) is 12.4. The van der Waals surface area contributed by atoms with Crippen LogP contribution in [0, 0.1) is 19.7 Å². The first kappa shape index (κ1) is 12.7. The zero-order chi connectivity index (χ0) is 13.1. The molecule has 0 saturated carbocycles. The van der Waals surface area contributed by atoms with Gasteiger partial charge in [-0.05, 0) is 55.7 Å². The van der Waals surface area contributed by atoms with Crippen molar-refractivity contribution >= 4 is 0 Å². The Labute approximate surface area is 107 Å². The molecule has 2 nitrogen and oxygen atoms in total. The molecule has 0 aliphatic carbocycles. The van der Waals surface area contributed by atoms with Crippen molar-refractivity contribution in [2.24, 2.45) is 5.73 Å². The van der Waals surface area contributed by atoms with E-state index in [9.17, 15) is 4.39 Å². The molecule has 2 aromatic rings. The van der Waals surface area contributed by atoms with Gasteiger partial charge >= 0.3 is 0 Å². The maximum atomic E-state index is 12.8. The van der Waals surface area contributed by atoms with Crippen LogP contribution < -0.4 is 5.73 Å². The lowest BCUT2D eigenvalue weighted by Gasteiger charge is -2.13. The summed E-state index contributed by atoms with van der Waals surface area (Å²) in [6.45, 7) is 3.92. The standard InChI is InChI=1S/C15H17FN2/c1-10-7-13(8-11(2)18-10)15(17)9-12-3-5-14(16)6-4-12/h3-8,15H,9,17H2,1-2H3. The summed E-state index contributed by atoms with van der Waals surface area (Å²) in [5.41, 5.74) is 10.2.